The number of nitrogens with one attached hydrogen (secondary N) is 1. The molecule has 1 heterocycles. The van der Waals surface area contributed by atoms with Crippen LogP contribution in [0.15, 0.2) is 0 Å². The number of hydrogen-bond donors (Lipinski definition) is 1. The van der Waals surface area contributed by atoms with Crippen LogP contribution < -0.4 is 5.32 Å². The molecule has 1 aliphatic heterocycles. The largest absolute Gasteiger partial charge is 0.361 e. The van der Waals surface area contributed by atoms with Crippen molar-refractivity contribution in [1.82, 2.24) is 5.32 Å². The fourth-order valence-electron chi connectivity index (χ4n) is 2.50. The van der Waals surface area contributed by atoms with Crippen LogP contribution in [0.2, 0.25) is 0 Å². The molecule has 0 aromatic rings. The van der Waals surface area contributed by atoms with Crippen molar-refractivity contribution in [2.24, 2.45) is 0 Å². The summed E-state index contributed by atoms with van der Waals surface area (Å²) >= 11 is 0. The molecule has 0 aromatic carbocycles. The zero-order chi connectivity index (χ0) is 8.99. The van der Waals surface area contributed by atoms with Crippen LogP contribution in [0.4, 0.5) is 0 Å². The van der Waals surface area contributed by atoms with Gasteiger partial charge in [0.25, 0.3) is 0 Å². The lowest BCUT2D eigenvalue weighted by molar-refractivity contribution is -0.110. The number of hydrogen-bond acceptors (Lipinski definition) is 2. The predicted molar refractivity (Wildman–Crippen MR) is 53.6 cm³/mol. The van der Waals surface area contributed by atoms with Crippen LogP contribution in [-0.2, 0) is 4.74 Å². The van der Waals surface area contributed by atoms with Crippen LogP contribution in [-0.4, -0.2) is 18.9 Å². The maximum atomic E-state index is 5.93. The van der Waals surface area contributed by atoms with Gasteiger partial charge in [0.2, 0.25) is 0 Å². The molecular weight excluding hydrogens is 162 g/mol. The molecular formula is C11H21NO. The van der Waals surface area contributed by atoms with Gasteiger partial charge in [-0.15, -0.1) is 0 Å². The van der Waals surface area contributed by atoms with E-state index in [1.807, 2.05) is 0 Å². The molecule has 0 bridgehead atoms. The second-order valence-corrected chi connectivity index (χ2v) is 4.39. The van der Waals surface area contributed by atoms with Gasteiger partial charge in [-0.1, -0.05) is 19.3 Å². The highest BCUT2D eigenvalue weighted by Crippen LogP contribution is 2.29. The summed E-state index contributed by atoms with van der Waals surface area (Å²) in [5.41, 5.74) is 0.0820. The SMILES string of the molecule is C1CCCC2(CCC1)NCCCO2. The summed E-state index contributed by atoms with van der Waals surface area (Å²) in [7, 11) is 0. The Morgan fingerprint density at radius 2 is 1.54 bits per heavy atom. The lowest BCUT2D eigenvalue weighted by atomic mass is 9.92. The molecule has 1 aliphatic carbocycles. The molecule has 0 radical (unpaired) electrons. The summed E-state index contributed by atoms with van der Waals surface area (Å²) in [5.74, 6) is 0. The monoisotopic (exact) mass is 183 g/mol. The summed E-state index contributed by atoms with van der Waals surface area (Å²) in [6.45, 7) is 2.12. The Hall–Kier alpha value is -0.0800. The Kier molecular flexibility index (Phi) is 3.23. The molecule has 1 spiro atoms. The Morgan fingerprint density at radius 3 is 2.15 bits per heavy atom. The lowest BCUT2D eigenvalue weighted by Gasteiger charge is -2.39. The van der Waals surface area contributed by atoms with E-state index < -0.39 is 0 Å². The van der Waals surface area contributed by atoms with E-state index in [1.54, 1.807) is 0 Å². The van der Waals surface area contributed by atoms with Crippen molar-refractivity contribution in [1.29, 1.82) is 0 Å². The van der Waals surface area contributed by atoms with Gasteiger partial charge in [-0.05, 0) is 38.6 Å². The van der Waals surface area contributed by atoms with Gasteiger partial charge in [-0.25, -0.2) is 0 Å². The van der Waals surface area contributed by atoms with E-state index in [4.69, 9.17) is 4.74 Å². The average molecular weight is 183 g/mol. The van der Waals surface area contributed by atoms with Gasteiger partial charge in [0, 0.05) is 0 Å². The first-order valence-electron chi connectivity index (χ1n) is 5.80. The molecule has 0 aromatic heterocycles. The first-order valence-corrected chi connectivity index (χ1v) is 5.80. The summed E-state index contributed by atoms with van der Waals surface area (Å²) in [5, 5.41) is 3.58. The van der Waals surface area contributed by atoms with E-state index in [0.717, 1.165) is 13.2 Å². The van der Waals surface area contributed by atoms with Gasteiger partial charge in [0.05, 0.1) is 6.61 Å². The smallest absolute Gasteiger partial charge is 0.119 e. The Labute approximate surface area is 81.0 Å². The standard InChI is InChI=1S/C11H21NO/c1-2-4-7-11(8-5-3-1)12-9-6-10-13-11/h12H,1-10H2. The van der Waals surface area contributed by atoms with Crippen LogP contribution in [0.3, 0.4) is 0 Å². The maximum absolute atomic E-state index is 5.93. The van der Waals surface area contributed by atoms with Crippen molar-refractivity contribution in [3.8, 4) is 0 Å². The van der Waals surface area contributed by atoms with Crippen molar-refractivity contribution in [2.75, 3.05) is 13.2 Å². The number of rotatable bonds is 0. The van der Waals surface area contributed by atoms with Crippen LogP contribution in [0, 0.1) is 0 Å². The molecule has 1 saturated carbocycles. The third-order valence-electron chi connectivity index (χ3n) is 3.31. The minimum Gasteiger partial charge on any atom is -0.361 e. The third-order valence-corrected chi connectivity index (χ3v) is 3.31. The summed E-state index contributed by atoms with van der Waals surface area (Å²) < 4.78 is 5.93. The highest BCUT2D eigenvalue weighted by Gasteiger charge is 2.32. The molecule has 13 heavy (non-hydrogen) atoms. The molecule has 1 N–H and O–H groups in total. The van der Waals surface area contributed by atoms with Crippen molar-refractivity contribution < 1.29 is 4.74 Å². The Morgan fingerprint density at radius 1 is 0.846 bits per heavy atom. The van der Waals surface area contributed by atoms with Crippen LogP contribution in [0.1, 0.15) is 51.4 Å². The highest BCUT2D eigenvalue weighted by molar-refractivity contribution is 4.82. The third kappa shape index (κ3) is 2.44. The fourth-order valence-corrected chi connectivity index (χ4v) is 2.50. The Bertz CT molecular complexity index is 142. The molecule has 1 saturated heterocycles. The van der Waals surface area contributed by atoms with E-state index in [-0.39, 0.29) is 5.72 Å². The zero-order valence-corrected chi connectivity index (χ0v) is 8.48. The molecule has 0 atom stereocenters. The van der Waals surface area contributed by atoms with E-state index in [2.05, 4.69) is 5.32 Å². The van der Waals surface area contributed by atoms with Crippen molar-refractivity contribution in [3.63, 3.8) is 0 Å². The number of ether oxygens (including phenoxy) is 1. The van der Waals surface area contributed by atoms with Gasteiger partial charge in [-0.2, -0.15) is 0 Å². The Balaban J connectivity index is 1.91. The highest BCUT2D eigenvalue weighted by atomic mass is 16.5. The quantitative estimate of drug-likeness (QED) is 0.623. The van der Waals surface area contributed by atoms with E-state index in [0.29, 0.717) is 0 Å². The predicted octanol–water partition coefficient (Wildman–Crippen LogP) is 2.44. The lowest BCUT2D eigenvalue weighted by Crippen LogP contribution is -2.52. The summed E-state index contributed by atoms with van der Waals surface area (Å²) in [4.78, 5) is 0. The summed E-state index contributed by atoms with van der Waals surface area (Å²) in [6.07, 6.45) is 10.5. The minimum absolute atomic E-state index is 0.0820. The van der Waals surface area contributed by atoms with Crippen molar-refractivity contribution >= 4 is 0 Å². The maximum Gasteiger partial charge on any atom is 0.119 e. The van der Waals surface area contributed by atoms with Gasteiger partial charge in [0.15, 0.2) is 0 Å². The van der Waals surface area contributed by atoms with E-state index in [9.17, 15) is 0 Å². The van der Waals surface area contributed by atoms with Gasteiger partial charge < -0.3 is 4.74 Å². The average Bonchev–Trinajstić information content (AvgIpc) is 2.14. The molecule has 0 unspecified atom stereocenters. The second-order valence-electron chi connectivity index (χ2n) is 4.39. The molecule has 76 valence electrons. The van der Waals surface area contributed by atoms with E-state index >= 15 is 0 Å². The summed E-state index contributed by atoms with van der Waals surface area (Å²) in [6, 6.07) is 0. The normalized spacial score (nSPS) is 29.5. The molecule has 2 heteroatoms. The minimum atomic E-state index is 0.0820. The molecule has 0 amide bonds. The molecule has 2 nitrogen and oxygen atoms in total. The topological polar surface area (TPSA) is 21.3 Å². The first kappa shape index (κ1) is 9.47. The van der Waals surface area contributed by atoms with Crippen LogP contribution >= 0.6 is 0 Å². The first-order chi connectivity index (χ1) is 6.41. The van der Waals surface area contributed by atoms with Gasteiger partial charge >= 0.3 is 0 Å². The zero-order valence-electron chi connectivity index (χ0n) is 8.48. The van der Waals surface area contributed by atoms with Gasteiger partial charge in [0.1, 0.15) is 5.72 Å². The molecule has 2 aliphatic rings. The molecule has 2 fully saturated rings. The molecule has 2 rings (SSSR count). The van der Waals surface area contributed by atoms with Crippen LogP contribution in [0.25, 0.3) is 0 Å². The van der Waals surface area contributed by atoms with E-state index in [1.165, 1.54) is 51.4 Å². The van der Waals surface area contributed by atoms with Crippen LogP contribution in [0.5, 0.6) is 0 Å². The fraction of sp³-hybridized carbons (Fsp3) is 1.00. The van der Waals surface area contributed by atoms with Crippen molar-refractivity contribution in [2.45, 2.75) is 57.1 Å². The second kappa shape index (κ2) is 4.43. The van der Waals surface area contributed by atoms with Crippen molar-refractivity contribution in [3.05, 3.63) is 0 Å². The van der Waals surface area contributed by atoms with Gasteiger partial charge in [-0.3, -0.25) is 5.32 Å².